The topological polar surface area (TPSA) is 153 Å². The highest BCUT2D eigenvalue weighted by Gasteiger charge is 2.54. The molecule has 58 heavy (non-hydrogen) atoms. The normalized spacial score (nSPS) is 35.7. The number of carbonyl (C=O) groups is 4. The molecule has 4 atom stereocenters. The standard InChI is InChI=1S/C19H29N3O3.C15H25N3O2.C6H15N.C4H5ClO/c23-17(14-1-2-14)22-5-3-15(4-6-22)20-18(24)21-19-10-12-7-13(11-19)9-16(8-12)25-19;19-14(17-12-1-3-16-4-2-12)18-15-8-10-5-11(9-15)7-13(6-10)20-15;1-4-7(5-2)6-3;5-4(6)3-1-2-3/h12-16H,1-11H2,(H2,20,21,24);10-13,16H,1-9H2,(H2,17,18,19);4-6H2,1-3H3;3H,1-2H2. The molecule has 4 unspecified atom stereocenters. The van der Waals surface area contributed by atoms with Crippen LogP contribution >= 0.6 is 11.6 Å². The first kappa shape index (κ1) is 43.9. The third kappa shape index (κ3) is 12.0. The van der Waals surface area contributed by atoms with Crippen LogP contribution < -0.4 is 26.6 Å². The SMILES string of the molecule is CCN(CC)CC.O=C(Cl)C1CC1.O=C(NC1CCN(C(=O)C2CC2)CC1)NC12CC3CC(CC(C3)O1)C2.O=C(NC1CCNCC1)NC12CC3CC(CC(C3)O1)C2. The molecular weight excluding hydrogens is 758 g/mol. The Hall–Kier alpha value is -2.19. The third-order valence-electron chi connectivity index (χ3n) is 14.6. The molecule has 6 saturated heterocycles. The molecular formula is C44H74ClN7O6. The number of ether oxygens (including phenoxy) is 2. The van der Waals surface area contributed by atoms with Gasteiger partial charge in [0.1, 0.15) is 11.4 Å². The van der Waals surface area contributed by atoms with Crippen LogP contribution in [0.25, 0.3) is 0 Å². The van der Waals surface area contributed by atoms with E-state index in [9.17, 15) is 19.2 Å². The second-order valence-electron chi connectivity index (χ2n) is 19.5. The van der Waals surface area contributed by atoms with Gasteiger partial charge in [-0.25, -0.2) is 9.59 Å². The molecule has 12 rings (SSSR count). The van der Waals surface area contributed by atoms with Crippen molar-refractivity contribution in [3.63, 3.8) is 0 Å². The number of hydrogen-bond donors (Lipinski definition) is 5. The first-order valence-electron chi connectivity index (χ1n) is 23.4. The van der Waals surface area contributed by atoms with Crippen molar-refractivity contribution in [2.45, 2.75) is 172 Å². The van der Waals surface area contributed by atoms with Gasteiger partial charge in [0, 0.05) is 37.0 Å². The fourth-order valence-electron chi connectivity index (χ4n) is 11.6. The first-order valence-corrected chi connectivity index (χ1v) is 23.8. The van der Waals surface area contributed by atoms with Gasteiger partial charge in [-0.1, -0.05) is 20.8 Å². The van der Waals surface area contributed by atoms with Crippen LogP contribution in [0.2, 0.25) is 0 Å². The number of hydrogen-bond acceptors (Lipinski definition) is 8. The highest BCUT2D eigenvalue weighted by atomic mass is 35.5. The molecule has 6 aliphatic heterocycles. The summed E-state index contributed by atoms with van der Waals surface area (Å²) in [6.07, 6.45) is 20.0. The quantitative estimate of drug-likeness (QED) is 0.182. The number of halogens is 1. The number of amides is 5. The Bertz CT molecular complexity index is 1330. The van der Waals surface area contributed by atoms with E-state index in [2.05, 4.69) is 52.3 Å². The van der Waals surface area contributed by atoms with Crippen molar-refractivity contribution in [3.05, 3.63) is 0 Å². The van der Waals surface area contributed by atoms with E-state index >= 15 is 0 Å². The third-order valence-corrected chi connectivity index (χ3v) is 15.0. The minimum Gasteiger partial charge on any atom is -0.352 e. The molecule has 5 N–H and O–H groups in total. The molecule has 6 aliphatic carbocycles. The summed E-state index contributed by atoms with van der Waals surface area (Å²) in [5, 5.41) is 15.8. The van der Waals surface area contributed by atoms with Gasteiger partial charge in [-0.3, -0.25) is 9.59 Å². The Morgan fingerprint density at radius 3 is 1.36 bits per heavy atom. The minimum atomic E-state index is -0.415. The molecule has 0 radical (unpaired) electrons. The summed E-state index contributed by atoms with van der Waals surface area (Å²) in [6, 6.07) is 0.357. The molecule has 0 aromatic rings. The van der Waals surface area contributed by atoms with Crippen LogP contribution in [-0.2, 0) is 19.1 Å². The Morgan fingerprint density at radius 2 is 1.03 bits per heavy atom. The molecule has 12 aliphatic rings. The Labute approximate surface area is 352 Å². The number of nitrogens with zero attached hydrogens (tertiary/aromatic N) is 2. The van der Waals surface area contributed by atoms with Gasteiger partial charge >= 0.3 is 12.1 Å². The average molecular weight is 833 g/mol. The predicted molar refractivity (Wildman–Crippen MR) is 224 cm³/mol. The van der Waals surface area contributed by atoms with Crippen LogP contribution in [0.3, 0.4) is 0 Å². The van der Waals surface area contributed by atoms with E-state index in [1.54, 1.807) is 0 Å². The Balaban J connectivity index is 0.000000137. The van der Waals surface area contributed by atoms with Crippen molar-refractivity contribution in [2.24, 2.45) is 35.5 Å². The number of carbonyl (C=O) groups excluding carboxylic acids is 4. The highest BCUT2D eigenvalue weighted by Crippen LogP contribution is 2.53. The number of piperidine rings is 2. The van der Waals surface area contributed by atoms with Crippen molar-refractivity contribution in [1.29, 1.82) is 0 Å². The smallest absolute Gasteiger partial charge is 0.317 e. The lowest BCUT2D eigenvalue weighted by molar-refractivity contribution is -0.228. The van der Waals surface area contributed by atoms with Crippen molar-refractivity contribution < 1.29 is 28.7 Å². The van der Waals surface area contributed by atoms with E-state index in [4.69, 9.17) is 21.1 Å². The summed E-state index contributed by atoms with van der Waals surface area (Å²) in [7, 11) is 0. The zero-order valence-electron chi connectivity index (χ0n) is 35.7. The van der Waals surface area contributed by atoms with Gasteiger partial charge in [-0.2, -0.15) is 0 Å². The molecule has 0 spiro atoms. The van der Waals surface area contributed by atoms with E-state index in [1.807, 2.05) is 4.90 Å². The summed E-state index contributed by atoms with van der Waals surface area (Å²) in [5.74, 6) is 3.82. The monoisotopic (exact) mass is 832 g/mol. The molecule has 6 heterocycles. The zero-order valence-corrected chi connectivity index (χ0v) is 36.4. The zero-order chi connectivity index (χ0) is 40.9. The van der Waals surface area contributed by atoms with Crippen molar-refractivity contribution in [3.8, 4) is 0 Å². The van der Waals surface area contributed by atoms with E-state index in [1.165, 1.54) is 58.2 Å². The van der Waals surface area contributed by atoms with Gasteiger partial charge < -0.3 is 45.9 Å². The molecule has 0 aromatic carbocycles. The van der Waals surface area contributed by atoms with Crippen LogP contribution in [0.1, 0.15) is 136 Å². The summed E-state index contributed by atoms with van der Waals surface area (Å²) in [6.45, 7) is 13.7. The van der Waals surface area contributed by atoms with Gasteiger partial charge in [0.2, 0.25) is 11.1 Å². The van der Waals surface area contributed by atoms with E-state index in [-0.39, 0.29) is 35.0 Å². The van der Waals surface area contributed by atoms with Crippen molar-refractivity contribution in [1.82, 2.24) is 36.4 Å². The molecule has 328 valence electrons. The van der Waals surface area contributed by atoms with Crippen molar-refractivity contribution in [2.75, 3.05) is 45.8 Å². The number of nitrogens with one attached hydrogen (secondary N) is 5. The molecule has 14 heteroatoms. The maximum absolute atomic E-state index is 12.5. The van der Waals surface area contributed by atoms with Gasteiger partial charge in [-0.15, -0.1) is 0 Å². The Morgan fingerprint density at radius 1 is 0.621 bits per heavy atom. The van der Waals surface area contributed by atoms with Crippen LogP contribution in [0, 0.1) is 35.5 Å². The maximum atomic E-state index is 12.5. The highest BCUT2D eigenvalue weighted by molar-refractivity contribution is 6.64. The van der Waals surface area contributed by atoms with Crippen LogP contribution in [0.15, 0.2) is 0 Å². The second-order valence-corrected chi connectivity index (χ2v) is 19.8. The first-order chi connectivity index (χ1) is 27.9. The molecule has 13 nitrogen and oxygen atoms in total. The maximum Gasteiger partial charge on any atom is 0.317 e. The predicted octanol–water partition coefficient (Wildman–Crippen LogP) is 5.84. The summed E-state index contributed by atoms with van der Waals surface area (Å²) >= 11 is 5.04. The lowest BCUT2D eigenvalue weighted by Crippen LogP contribution is -2.65. The van der Waals surface area contributed by atoms with Gasteiger partial charge in [0.15, 0.2) is 0 Å². The van der Waals surface area contributed by atoms with E-state index in [0.29, 0.717) is 30.1 Å². The number of rotatable bonds is 9. The van der Waals surface area contributed by atoms with Crippen LogP contribution in [-0.4, -0.2) is 115 Å². The molecule has 12 fully saturated rings. The van der Waals surface area contributed by atoms with E-state index in [0.717, 1.165) is 127 Å². The van der Waals surface area contributed by atoms with Crippen molar-refractivity contribution >= 4 is 34.8 Å². The largest absolute Gasteiger partial charge is 0.352 e. The molecule has 6 saturated carbocycles. The minimum absolute atomic E-state index is 0.0288. The summed E-state index contributed by atoms with van der Waals surface area (Å²) in [5.41, 5.74) is -0.771. The molecule has 0 aromatic heterocycles. The fraction of sp³-hybridized carbons (Fsp3) is 0.909. The molecule has 5 amide bonds. The van der Waals surface area contributed by atoms with Crippen LogP contribution in [0.5, 0.6) is 0 Å². The lowest BCUT2D eigenvalue weighted by Gasteiger charge is -2.56. The second kappa shape index (κ2) is 19.7. The lowest BCUT2D eigenvalue weighted by atomic mass is 9.65. The van der Waals surface area contributed by atoms with Gasteiger partial charge in [0.25, 0.3) is 0 Å². The Kier molecular flexibility index (Phi) is 14.9. The summed E-state index contributed by atoms with van der Waals surface area (Å²) < 4.78 is 12.4. The van der Waals surface area contributed by atoms with Gasteiger partial charge in [0.05, 0.1) is 12.2 Å². The van der Waals surface area contributed by atoms with Gasteiger partial charge in [-0.05, 0) is 184 Å². The van der Waals surface area contributed by atoms with E-state index < -0.39 is 5.72 Å². The summed E-state index contributed by atoms with van der Waals surface area (Å²) in [4.78, 5) is 51.3. The number of likely N-dealkylation sites (tertiary alicyclic amines) is 1. The number of urea groups is 2. The fourth-order valence-corrected chi connectivity index (χ4v) is 11.8. The average Bonchev–Trinajstić information content (AvgIpc) is 4.10. The van der Waals surface area contributed by atoms with Crippen LogP contribution in [0.4, 0.5) is 9.59 Å². The molecule has 8 bridgehead atoms.